The largest absolute Gasteiger partial charge is 0.484 e. The van der Waals surface area contributed by atoms with Gasteiger partial charge in [-0.15, -0.1) is 0 Å². The van der Waals surface area contributed by atoms with E-state index in [1.807, 2.05) is 36.4 Å². The normalized spacial score (nSPS) is 16.2. The van der Waals surface area contributed by atoms with Crippen LogP contribution in [0.2, 0.25) is 0 Å². The van der Waals surface area contributed by atoms with Crippen LogP contribution < -0.4 is 10.1 Å². The second kappa shape index (κ2) is 9.94. The lowest BCUT2D eigenvalue weighted by molar-refractivity contribution is -0.123. The third-order valence-corrected chi connectivity index (χ3v) is 6.02. The quantitative estimate of drug-likeness (QED) is 0.638. The maximum Gasteiger partial charge on any atom is 0.258 e. The summed E-state index contributed by atoms with van der Waals surface area (Å²) in [7, 11) is 2.16. The maximum absolute atomic E-state index is 12.5. The molecule has 1 N–H and O–H groups in total. The second-order valence-corrected chi connectivity index (χ2v) is 8.37. The fourth-order valence-electron chi connectivity index (χ4n) is 4.05. The Labute approximate surface area is 184 Å². The summed E-state index contributed by atoms with van der Waals surface area (Å²) < 4.78 is 5.76. The molecule has 0 aliphatic carbocycles. The van der Waals surface area contributed by atoms with Crippen LogP contribution in [0.4, 0.5) is 0 Å². The molecule has 162 valence electrons. The first-order chi connectivity index (χ1) is 15.1. The van der Waals surface area contributed by atoms with Crippen molar-refractivity contribution in [3.63, 3.8) is 0 Å². The number of rotatable bonds is 7. The van der Waals surface area contributed by atoms with E-state index in [9.17, 15) is 4.79 Å². The van der Waals surface area contributed by atoms with Gasteiger partial charge in [0.05, 0.1) is 6.04 Å². The van der Waals surface area contributed by atoms with Gasteiger partial charge in [-0.25, -0.2) is 0 Å². The van der Waals surface area contributed by atoms with Crippen LogP contribution in [0.3, 0.4) is 0 Å². The Balaban J connectivity index is 1.36. The smallest absolute Gasteiger partial charge is 0.258 e. The monoisotopic (exact) mass is 417 g/mol. The zero-order chi connectivity index (χ0) is 21.6. The maximum atomic E-state index is 12.5. The van der Waals surface area contributed by atoms with Crippen molar-refractivity contribution in [2.75, 3.05) is 46.4 Å². The van der Waals surface area contributed by atoms with E-state index in [0.717, 1.165) is 37.0 Å². The highest BCUT2D eigenvalue weighted by Crippen LogP contribution is 2.23. The van der Waals surface area contributed by atoms with Gasteiger partial charge in [0.15, 0.2) is 6.61 Å². The Morgan fingerprint density at radius 2 is 1.68 bits per heavy atom. The molecular weight excluding hydrogens is 386 g/mol. The van der Waals surface area contributed by atoms with Gasteiger partial charge in [-0.2, -0.15) is 0 Å². The first kappa shape index (κ1) is 21.3. The lowest BCUT2D eigenvalue weighted by Gasteiger charge is -2.38. The Morgan fingerprint density at radius 1 is 0.968 bits per heavy atom. The highest BCUT2D eigenvalue weighted by Gasteiger charge is 2.24. The summed E-state index contributed by atoms with van der Waals surface area (Å²) in [5, 5.41) is 5.36. The van der Waals surface area contributed by atoms with Gasteiger partial charge in [0.1, 0.15) is 5.75 Å². The number of piperazine rings is 1. The molecule has 5 nitrogen and oxygen atoms in total. The SMILES string of the molecule is Cc1ccc(C(CNC(=O)COc2ccc3ccccc3c2)N2CCN(C)CC2)cc1. The van der Waals surface area contributed by atoms with Crippen LogP contribution in [0.5, 0.6) is 5.75 Å². The van der Waals surface area contributed by atoms with E-state index in [2.05, 4.69) is 59.4 Å². The average molecular weight is 418 g/mol. The van der Waals surface area contributed by atoms with E-state index in [4.69, 9.17) is 4.74 Å². The van der Waals surface area contributed by atoms with Gasteiger partial charge >= 0.3 is 0 Å². The first-order valence-corrected chi connectivity index (χ1v) is 11.0. The molecule has 31 heavy (non-hydrogen) atoms. The molecule has 0 saturated carbocycles. The van der Waals surface area contributed by atoms with E-state index < -0.39 is 0 Å². The minimum Gasteiger partial charge on any atom is -0.484 e. The van der Waals surface area contributed by atoms with Gasteiger partial charge in [0, 0.05) is 32.7 Å². The van der Waals surface area contributed by atoms with Crippen molar-refractivity contribution in [1.29, 1.82) is 0 Å². The van der Waals surface area contributed by atoms with Crippen molar-refractivity contribution in [3.05, 3.63) is 77.9 Å². The number of hydrogen-bond donors (Lipinski definition) is 1. The molecule has 1 unspecified atom stereocenters. The predicted octanol–water partition coefficient (Wildman–Crippen LogP) is 3.63. The number of hydrogen-bond acceptors (Lipinski definition) is 4. The van der Waals surface area contributed by atoms with Crippen molar-refractivity contribution in [3.8, 4) is 5.75 Å². The van der Waals surface area contributed by atoms with Gasteiger partial charge in [0.25, 0.3) is 5.91 Å². The molecule has 1 atom stereocenters. The number of fused-ring (bicyclic) bond motifs is 1. The topological polar surface area (TPSA) is 44.8 Å². The van der Waals surface area contributed by atoms with Crippen LogP contribution in [0, 0.1) is 6.92 Å². The van der Waals surface area contributed by atoms with Gasteiger partial charge < -0.3 is 15.0 Å². The van der Waals surface area contributed by atoms with Crippen molar-refractivity contribution in [2.45, 2.75) is 13.0 Å². The predicted molar refractivity (Wildman–Crippen MR) is 125 cm³/mol. The lowest BCUT2D eigenvalue weighted by Crippen LogP contribution is -2.48. The summed E-state index contributed by atoms with van der Waals surface area (Å²) in [5.74, 6) is 0.613. The summed E-state index contributed by atoms with van der Waals surface area (Å²) in [4.78, 5) is 17.4. The Bertz CT molecular complexity index is 1010. The Hall–Kier alpha value is -2.89. The summed E-state index contributed by atoms with van der Waals surface area (Å²) in [6.07, 6.45) is 0. The van der Waals surface area contributed by atoms with Crippen LogP contribution in [0.15, 0.2) is 66.7 Å². The first-order valence-electron chi connectivity index (χ1n) is 11.0. The molecule has 1 fully saturated rings. The second-order valence-electron chi connectivity index (χ2n) is 8.37. The lowest BCUT2D eigenvalue weighted by atomic mass is 10.0. The summed E-state index contributed by atoms with van der Waals surface area (Å²) >= 11 is 0. The summed E-state index contributed by atoms with van der Waals surface area (Å²) in [6, 6.07) is 22.8. The summed E-state index contributed by atoms with van der Waals surface area (Å²) in [6.45, 7) is 6.77. The average Bonchev–Trinajstić information content (AvgIpc) is 2.80. The van der Waals surface area contributed by atoms with Crippen molar-refractivity contribution in [2.24, 2.45) is 0 Å². The highest BCUT2D eigenvalue weighted by atomic mass is 16.5. The molecule has 0 radical (unpaired) electrons. The van der Waals surface area contributed by atoms with Crippen LogP contribution in [-0.2, 0) is 4.79 Å². The molecule has 5 heteroatoms. The molecule has 0 spiro atoms. The van der Waals surface area contributed by atoms with Crippen molar-refractivity contribution < 1.29 is 9.53 Å². The van der Waals surface area contributed by atoms with Crippen LogP contribution >= 0.6 is 0 Å². The zero-order valence-corrected chi connectivity index (χ0v) is 18.4. The molecule has 3 aromatic carbocycles. The van der Waals surface area contributed by atoms with Crippen molar-refractivity contribution >= 4 is 16.7 Å². The molecule has 1 amide bonds. The molecule has 0 aromatic heterocycles. The van der Waals surface area contributed by atoms with Gasteiger partial charge in [0.2, 0.25) is 0 Å². The van der Waals surface area contributed by atoms with Gasteiger partial charge in [-0.1, -0.05) is 60.2 Å². The van der Waals surface area contributed by atoms with Crippen LogP contribution in [-0.4, -0.2) is 62.1 Å². The Kier molecular flexibility index (Phi) is 6.85. The van der Waals surface area contributed by atoms with E-state index in [-0.39, 0.29) is 18.6 Å². The van der Waals surface area contributed by atoms with E-state index in [1.54, 1.807) is 0 Å². The number of ether oxygens (including phenoxy) is 1. The van der Waals surface area contributed by atoms with Crippen LogP contribution in [0.25, 0.3) is 10.8 Å². The molecule has 1 saturated heterocycles. The van der Waals surface area contributed by atoms with E-state index in [1.165, 1.54) is 11.1 Å². The summed E-state index contributed by atoms with van der Waals surface area (Å²) in [5.41, 5.74) is 2.49. The number of nitrogens with zero attached hydrogens (tertiary/aromatic N) is 2. The third-order valence-electron chi connectivity index (χ3n) is 6.02. The number of amides is 1. The molecule has 1 aliphatic rings. The van der Waals surface area contributed by atoms with E-state index >= 15 is 0 Å². The fourth-order valence-corrected chi connectivity index (χ4v) is 4.05. The minimum absolute atomic E-state index is 0.0156. The van der Waals surface area contributed by atoms with Crippen molar-refractivity contribution in [1.82, 2.24) is 15.1 Å². The molecule has 1 heterocycles. The van der Waals surface area contributed by atoms with Gasteiger partial charge in [-0.05, 0) is 42.4 Å². The number of nitrogens with one attached hydrogen (secondary N) is 1. The minimum atomic E-state index is -0.0978. The number of carbonyl (C=O) groups excluding carboxylic acids is 1. The third kappa shape index (κ3) is 5.63. The number of likely N-dealkylation sites (N-methyl/N-ethyl adjacent to an activating group) is 1. The molecule has 1 aliphatic heterocycles. The number of benzene rings is 3. The molecule has 4 rings (SSSR count). The standard InChI is InChI=1S/C26H31N3O2/c1-20-7-9-22(10-8-20)25(29-15-13-28(2)14-16-29)18-27-26(30)19-31-24-12-11-21-5-3-4-6-23(21)17-24/h3-12,17,25H,13-16,18-19H2,1-2H3,(H,27,30). The molecule has 0 bridgehead atoms. The molecule has 3 aromatic rings. The Morgan fingerprint density at radius 3 is 2.42 bits per heavy atom. The van der Waals surface area contributed by atoms with E-state index in [0.29, 0.717) is 12.3 Å². The van der Waals surface area contributed by atoms with Crippen LogP contribution in [0.1, 0.15) is 17.2 Å². The fraction of sp³-hybridized carbons (Fsp3) is 0.346. The van der Waals surface area contributed by atoms with Gasteiger partial charge in [-0.3, -0.25) is 9.69 Å². The highest BCUT2D eigenvalue weighted by molar-refractivity contribution is 5.84. The molecular formula is C26H31N3O2. The number of carbonyl (C=O) groups is 1. The number of aryl methyl sites for hydroxylation is 1. The zero-order valence-electron chi connectivity index (χ0n) is 18.4.